The zero-order valence-corrected chi connectivity index (χ0v) is 21.4. The van der Waals surface area contributed by atoms with Gasteiger partial charge in [-0.3, -0.25) is 9.59 Å². The minimum atomic E-state index is -0.433. The highest BCUT2D eigenvalue weighted by atomic mass is 32.9. The van der Waals surface area contributed by atoms with Crippen molar-refractivity contribution in [1.29, 1.82) is 0 Å². The van der Waals surface area contributed by atoms with E-state index in [1.165, 1.54) is 0 Å². The van der Waals surface area contributed by atoms with Crippen molar-refractivity contribution in [3.63, 3.8) is 0 Å². The van der Waals surface area contributed by atoms with Crippen molar-refractivity contribution in [1.82, 2.24) is 0 Å². The highest BCUT2D eigenvalue weighted by Crippen LogP contribution is 2.31. The molecule has 1 atom stereocenters. The lowest BCUT2D eigenvalue weighted by atomic mass is 9.98. The van der Waals surface area contributed by atoms with Gasteiger partial charge < -0.3 is 9.47 Å². The summed E-state index contributed by atoms with van der Waals surface area (Å²) in [5, 5.41) is 1.91. The molecule has 3 aromatic carbocycles. The lowest BCUT2D eigenvalue weighted by Gasteiger charge is -2.13. The van der Waals surface area contributed by atoms with Gasteiger partial charge in [0.05, 0.1) is 5.92 Å². The molecule has 4 nitrogen and oxygen atoms in total. The van der Waals surface area contributed by atoms with Gasteiger partial charge in [-0.1, -0.05) is 70.5 Å². The number of carbonyl (C=O) groups excluding carboxylic acids is 2. The molecule has 0 N–H and O–H groups in total. The van der Waals surface area contributed by atoms with Gasteiger partial charge in [-0.25, -0.2) is 0 Å². The summed E-state index contributed by atoms with van der Waals surface area (Å²) in [6, 6.07) is 20.8. The lowest BCUT2D eigenvalue weighted by Crippen LogP contribution is -2.16. The normalized spacial score (nSPS) is 11.8. The Morgan fingerprint density at radius 1 is 0.882 bits per heavy atom. The third-order valence-corrected chi connectivity index (χ3v) is 8.39. The Kier molecular flexibility index (Phi) is 7.88. The molecule has 0 spiro atoms. The number of hydrogen-bond acceptors (Lipinski definition) is 7. The summed E-state index contributed by atoms with van der Waals surface area (Å²) in [6.45, 7) is 3.87. The average Bonchev–Trinajstić information content (AvgIpc) is 3.28. The van der Waals surface area contributed by atoms with Crippen LogP contribution in [0.1, 0.15) is 44.6 Å². The third-order valence-electron chi connectivity index (χ3n) is 5.48. The topological polar surface area (TPSA) is 52.6 Å². The molecule has 0 saturated carbocycles. The molecular weight excluding hydrogens is 484 g/mol. The molecule has 7 heteroatoms. The first-order valence-electron chi connectivity index (χ1n) is 11.1. The molecule has 1 unspecified atom stereocenters. The van der Waals surface area contributed by atoms with E-state index < -0.39 is 5.92 Å². The van der Waals surface area contributed by atoms with Gasteiger partial charge in [0.1, 0.15) is 15.3 Å². The van der Waals surface area contributed by atoms with Gasteiger partial charge >= 0.3 is 11.9 Å². The van der Waals surface area contributed by atoms with E-state index in [2.05, 4.69) is 0 Å². The van der Waals surface area contributed by atoms with Crippen molar-refractivity contribution in [3.05, 3.63) is 76.1 Å². The van der Waals surface area contributed by atoms with Gasteiger partial charge in [-0.05, 0) is 77.7 Å². The molecule has 174 valence electrons. The van der Waals surface area contributed by atoms with E-state index >= 15 is 0 Å². The fourth-order valence-corrected chi connectivity index (χ4v) is 5.88. The van der Waals surface area contributed by atoms with Crippen LogP contribution in [0, 0.1) is 3.82 Å². The van der Waals surface area contributed by atoms with E-state index in [0.29, 0.717) is 17.9 Å². The van der Waals surface area contributed by atoms with Crippen LogP contribution in [0.5, 0.6) is 11.5 Å². The molecule has 0 amide bonds. The highest BCUT2D eigenvalue weighted by molar-refractivity contribution is 7.80. The second-order valence-electron chi connectivity index (χ2n) is 8.01. The maximum atomic E-state index is 12.8. The Bertz CT molecular complexity index is 1370. The Morgan fingerprint density at radius 2 is 1.59 bits per heavy atom. The summed E-state index contributed by atoms with van der Waals surface area (Å²) in [4.78, 5) is 25.8. The van der Waals surface area contributed by atoms with Gasteiger partial charge in [0.15, 0.2) is 0 Å². The maximum Gasteiger partial charge on any atom is 0.318 e. The Labute approximate surface area is 211 Å². The highest BCUT2D eigenvalue weighted by Gasteiger charge is 2.18. The van der Waals surface area contributed by atoms with Crippen LogP contribution in [0.4, 0.5) is 0 Å². The molecule has 0 radical (unpaired) electrons. The molecule has 1 aromatic heterocycles. The summed E-state index contributed by atoms with van der Waals surface area (Å²) in [7, 11) is 3.21. The number of unbranched alkanes of at least 4 members (excludes halogenated alkanes) is 1. The van der Waals surface area contributed by atoms with Crippen LogP contribution in [0.25, 0.3) is 21.2 Å². The summed E-state index contributed by atoms with van der Waals surface area (Å²) in [5.41, 5.74) is 1.91. The molecule has 0 aliphatic heterocycles. The minimum Gasteiger partial charge on any atom is -0.427 e. The molecule has 0 fully saturated rings. The number of rotatable bonds is 8. The number of esters is 2. The summed E-state index contributed by atoms with van der Waals surface area (Å²) < 4.78 is 11.9. The predicted molar refractivity (Wildman–Crippen MR) is 142 cm³/mol. The SMILES string of the molecule is CCCCC(=O)Oc1ccc2cc(C(C)C(=O)Oc3ccc(-c4cc(=S)ss4)cc3)ccc2c1. The summed E-state index contributed by atoms with van der Waals surface area (Å²) in [6.07, 6.45) is 2.19. The van der Waals surface area contributed by atoms with E-state index in [1.54, 1.807) is 38.9 Å². The largest absolute Gasteiger partial charge is 0.427 e. The molecule has 0 saturated heterocycles. The van der Waals surface area contributed by atoms with Crippen molar-refractivity contribution >= 4 is 55.6 Å². The van der Waals surface area contributed by atoms with E-state index in [9.17, 15) is 9.59 Å². The molecule has 0 aliphatic carbocycles. The van der Waals surface area contributed by atoms with Gasteiger partial charge in [0.2, 0.25) is 0 Å². The van der Waals surface area contributed by atoms with Crippen LogP contribution in [-0.4, -0.2) is 11.9 Å². The second-order valence-corrected chi connectivity index (χ2v) is 10.9. The van der Waals surface area contributed by atoms with Crippen molar-refractivity contribution < 1.29 is 19.1 Å². The second kappa shape index (κ2) is 11.0. The fourth-order valence-electron chi connectivity index (χ4n) is 3.48. The van der Waals surface area contributed by atoms with Gasteiger partial charge in [-0.15, -0.1) is 0 Å². The molecule has 4 aromatic rings. The maximum absolute atomic E-state index is 12.8. The van der Waals surface area contributed by atoms with Crippen molar-refractivity contribution in [2.75, 3.05) is 0 Å². The fraction of sp³-hybridized carbons (Fsp3) is 0.222. The predicted octanol–water partition coefficient (Wildman–Crippen LogP) is 8.16. The van der Waals surface area contributed by atoms with Crippen molar-refractivity contribution in [2.45, 2.75) is 39.0 Å². The van der Waals surface area contributed by atoms with Gasteiger partial charge in [0.25, 0.3) is 0 Å². The smallest absolute Gasteiger partial charge is 0.318 e. The Balaban J connectivity index is 1.42. The van der Waals surface area contributed by atoms with Crippen LogP contribution in [-0.2, 0) is 9.59 Å². The van der Waals surface area contributed by atoms with Crippen molar-refractivity contribution in [3.8, 4) is 21.9 Å². The number of benzene rings is 3. The first kappa shape index (κ1) is 24.3. The first-order valence-corrected chi connectivity index (χ1v) is 13.7. The van der Waals surface area contributed by atoms with E-state index in [4.69, 9.17) is 21.7 Å². The molecular formula is C27H24O4S3. The van der Waals surface area contributed by atoms with E-state index in [0.717, 1.165) is 43.4 Å². The Morgan fingerprint density at radius 3 is 2.29 bits per heavy atom. The number of carbonyl (C=O) groups is 2. The van der Waals surface area contributed by atoms with E-state index in [-0.39, 0.29) is 11.9 Å². The summed E-state index contributed by atoms with van der Waals surface area (Å²) in [5.74, 6) is 0.0692. The minimum absolute atomic E-state index is 0.219. The molecule has 0 aliphatic rings. The van der Waals surface area contributed by atoms with Crippen LogP contribution in [0.15, 0.2) is 66.7 Å². The number of hydrogen-bond donors (Lipinski definition) is 0. The van der Waals surface area contributed by atoms with Crippen LogP contribution in [0.2, 0.25) is 0 Å². The monoisotopic (exact) mass is 508 g/mol. The van der Waals surface area contributed by atoms with Crippen LogP contribution >= 0.6 is 32.9 Å². The van der Waals surface area contributed by atoms with Crippen LogP contribution in [0.3, 0.4) is 0 Å². The molecule has 4 rings (SSSR count). The number of fused-ring (bicyclic) bond motifs is 1. The van der Waals surface area contributed by atoms with Gasteiger partial charge in [0, 0.05) is 11.3 Å². The van der Waals surface area contributed by atoms with Crippen molar-refractivity contribution in [2.24, 2.45) is 0 Å². The molecule has 0 bridgehead atoms. The van der Waals surface area contributed by atoms with E-state index in [1.807, 2.05) is 62.4 Å². The average molecular weight is 509 g/mol. The van der Waals surface area contributed by atoms with Gasteiger partial charge in [-0.2, -0.15) is 0 Å². The molecule has 1 heterocycles. The number of ether oxygens (including phenoxy) is 2. The standard InChI is InChI=1S/C27H24O4S3/c1-3-4-5-25(28)30-23-13-10-20-14-19(6-7-21(20)15-23)17(2)27(29)31-22-11-8-18(9-12-22)24-16-26(32)34-33-24/h6-17H,3-5H2,1-2H3. The summed E-state index contributed by atoms with van der Waals surface area (Å²) >= 11 is 5.20. The first-order chi connectivity index (χ1) is 16.4. The zero-order chi connectivity index (χ0) is 24.1. The Hall–Kier alpha value is -2.87. The third kappa shape index (κ3) is 5.97. The zero-order valence-electron chi connectivity index (χ0n) is 18.9. The van der Waals surface area contributed by atoms with Crippen LogP contribution < -0.4 is 9.47 Å². The molecule has 34 heavy (non-hydrogen) atoms. The quantitative estimate of drug-likeness (QED) is 0.104. The lowest BCUT2D eigenvalue weighted by molar-refractivity contribution is -0.136.